The number of carboxylic acids is 1. The number of hydrogen-bond acceptors (Lipinski definition) is 8. The van der Waals surface area contributed by atoms with Crippen LogP contribution in [0, 0.1) is 0 Å². The van der Waals surface area contributed by atoms with Gasteiger partial charge in [-0.25, -0.2) is 14.8 Å². The molecule has 1 amide bonds. The molecule has 10 nitrogen and oxygen atoms in total. The van der Waals surface area contributed by atoms with E-state index in [0.717, 1.165) is 41.6 Å². The van der Waals surface area contributed by atoms with Gasteiger partial charge in [-0.05, 0) is 70.0 Å². The van der Waals surface area contributed by atoms with Crippen molar-refractivity contribution in [2.24, 2.45) is 0 Å². The number of fused-ring (bicyclic) bond motifs is 1. The molecule has 1 saturated heterocycles. The van der Waals surface area contributed by atoms with Gasteiger partial charge >= 0.3 is 5.97 Å². The summed E-state index contributed by atoms with van der Waals surface area (Å²) in [7, 11) is 3.99. The number of hydrogen-bond donors (Lipinski definition) is 2. The molecule has 2 unspecified atom stereocenters. The minimum Gasteiger partial charge on any atom is -0.478 e. The Balaban J connectivity index is 1.75. The first-order valence-electron chi connectivity index (χ1n) is 13.7. The molecule has 40 heavy (non-hydrogen) atoms. The van der Waals surface area contributed by atoms with Gasteiger partial charge < -0.3 is 20.2 Å². The summed E-state index contributed by atoms with van der Waals surface area (Å²) in [5.74, 6) is -0.590. The van der Waals surface area contributed by atoms with Gasteiger partial charge in [0.05, 0.1) is 16.3 Å². The SMILES string of the molecule is CCNC(=O)C1CC(N(C)C)CCN1c1nc2cc(CCc3nc(C(C)C)cs3)ccn2c(=O)c1/C=C/C(=O)O. The molecular weight excluding hydrogens is 528 g/mol. The Morgan fingerprint density at radius 2 is 2.05 bits per heavy atom. The molecule has 1 fully saturated rings. The van der Waals surface area contributed by atoms with Gasteiger partial charge in [0.1, 0.15) is 17.5 Å². The molecule has 0 spiro atoms. The number of carboxylic acid groups (broad SMARTS) is 1. The van der Waals surface area contributed by atoms with E-state index in [9.17, 15) is 19.5 Å². The van der Waals surface area contributed by atoms with Crippen LogP contribution in [0.15, 0.2) is 34.6 Å². The van der Waals surface area contributed by atoms with E-state index < -0.39 is 12.0 Å². The topological polar surface area (TPSA) is 120 Å². The van der Waals surface area contributed by atoms with Crippen LogP contribution in [0.5, 0.6) is 0 Å². The number of aromatic nitrogens is 3. The van der Waals surface area contributed by atoms with Gasteiger partial charge in [0.15, 0.2) is 0 Å². The second-order valence-corrected chi connectivity index (χ2v) is 11.6. The predicted molar refractivity (Wildman–Crippen MR) is 158 cm³/mol. The largest absolute Gasteiger partial charge is 0.478 e. The molecule has 4 heterocycles. The lowest BCUT2D eigenvalue weighted by molar-refractivity contribution is -0.131. The number of amides is 1. The number of aliphatic carboxylic acids is 1. The molecule has 0 saturated carbocycles. The first kappa shape index (κ1) is 29.4. The summed E-state index contributed by atoms with van der Waals surface area (Å²) in [5.41, 5.74) is 2.33. The monoisotopic (exact) mass is 566 g/mol. The number of thiazole rings is 1. The second-order valence-electron chi connectivity index (χ2n) is 10.7. The molecule has 1 aliphatic rings. The van der Waals surface area contributed by atoms with Crippen LogP contribution < -0.4 is 15.8 Å². The number of pyridine rings is 1. The van der Waals surface area contributed by atoms with Gasteiger partial charge in [0, 0.05) is 43.2 Å². The van der Waals surface area contributed by atoms with Gasteiger partial charge in [-0.1, -0.05) is 13.8 Å². The first-order valence-corrected chi connectivity index (χ1v) is 14.6. The standard InChI is InChI=1S/C29H38N6O4S/c1-6-30-28(38)23-16-20(33(4)5)12-14-34(23)27-21(8-10-26(36)37)29(39)35-13-11-19(15-24(35)32-27)7-9-25-31-22(17-40-25)18(2)3/h8,10-11,13,15,17-18,20,23H,6-7,9,12,14,16H2,1-5H3,(H,30,38)(H,36,37)/b10-8+. The summed E-state index contributed by atoms with van der Waals surface area (Å²) >= 11 is 1.66. The number of nitrogens with one attached hydrogen (secondary N) is 1. The molecule has 4 rings (SSSR count). The third kappa shape index (κ3) is 6.59. The van der Waals surface area contributed by atoms with Crippen LogP contribution in [0.2, 0.25) is 0 Å². The van der Waals surface area contributed by atoms with Gasteiger partial charge in [-0.15, -0.1) is 11.3 Å². The molecule has 0 aliphatic carbocycles. The van der Waals surface area contributed by atoms with Gasteiger partial charge in [-0.2, -0.15) is 0 Å². The number of nitrogens with zero attached hydrogens (tertiary/aromatic N) is 5. The highest BCUT2D eigenvalue weighted by Gasteiger charge is 2.36. The van der Waals surface area contributed by atoms with E-state index in [1.165, 1.54) is 10.5 Å². The average Bonchev–Trinajstić information content (AvgIpc) is 3.40. The van der Waals surface area contributed by atoms with E-state index >= 15 is 0 Å². The van der Waals surface area contributed by atoms with Crippen molar-refractivity contribution in [3.63, 3.8) is 0 Å². The Kier molecular flexibility index (Phi) is 9.36. The van der Waals surface area contributed by atoms with E-state index in [-0.39, 0.29) is 23.1 Å². The van der Waals surface area contributed by atoms with Crippen molar-refractivity contribution in [2.75, 3.05) is 32.1 Å². The zero-order valence-corrected chi connectivity index (χ0v) is 24.6. The zero-order chi connectivity index (χ0) is 29.0. The lowest BCUT2D eigenvalue weighted by Gasteiger charge is -2.41. The van der Waals surface area contributed by atoms with Crippen LogP contribution in [-0.2, 0) is 22.4 Å². The number of likely N-dealkylation sites (N-methyl/N-ethyl adjacent to an activating group) is 1. The predicted octanol–water partition coefficient (Wildman–Crippen LogP) is 3.19. The molecule has 0 bridgehead atoms. The molecule has 3 aromatic heterocycles. The molecule has 2 N–H and O–H groups in total. The lowest BCUT2D eigenvalue weighted by Crippen LogP contribution is -2.55. The number of carbonyl (C=O) groups excluding carboxylic acids is 1. The maximum atomic E-state index is 13.7. The molecule has 1 aliphatic heterocycles. The van der Waals surface area contributed by atoms with Gasteiger partial charge in [0.25, 0.3) is 5.56 Å². The van der Waals surface area contributed by atoms with Crippen LogP contribution in [-0.4, -0.2) is 75.5 Å². The molecule has 0 aromatic carbocycles. The van der Waals surface area contributed by atoms with Gasteiger partial charge in [-0.3, -0.25) is 14.0 Å². The minimum absolute atomic E-state index is 0.137. The number of aryl methyl sites for hydroxylation is 2. The Labute approximate surface area is 238 Å². The lowest BCUT2D eigenvalue weighted by atomic mass is 9.95. The molecule has 3 aromatic rings. The molecular formula is C29H38N6O4S. The van der Waals surface area contributed by atoms with Crippen LogP contribution in [0.1, 0.15) is 61.4 Å². The minimum atomic E-state index is -1.17. The van der Waals surface area contributed by atoms with Crippen LogP contribution >= 0.6 is 11.3 Å². The summed E-state index contributed by atoms with van der Waals surface area (Å²) in [6.45, 7) is 7.11. The molecule has 214 valence electrons. The highest BCUT2D eigenvalue weighted by atomic mass is 32.1. The maximum absolute atomic E-state index is 13.7. The quantitative estimate of drug-likeness (QED) is 0.359. The average molecular weight is 567 g/mol. The zero-order valence-electron chi connectivity index (χ0n) is 23.8. The van der Waals surface area contributed by atoms with Crippen molar-refractivity contribution in [3.8, 4) is 0 Å². The van der Waals surface area contributed by atoms with Crippen molar-refractivity contribution in [3.05, 3.63) is 62.0 Å². The fourth-order valence-corrected chi connectivity index (χ4v) is 5.98. The second kappa shape index (κ2) is 12.7. The van der Waals surface area contributed by atoms with E-state index in [0.29, 0.717) is 36.9 Å². The van der Waals surface area contributed by atoms with Crippen LogP contribution in [0.4, 0.5) is 5.82 Å². The Bertz CT molecular complexity index is 1460. The maximum Gasteiger partial charge on any atom is 0.328 e. The smallest absolute Gasteiger partial charge is 0.328 e. The number of piperidine rings is 1. The van der Waals surface area contributed by atoms with Crippen molar-refractivity contribution < 1.29 is 14.7 Å². The molecule has 11 heteroatoms. The highest BCUT2D eigenvalue weighted by Crippen LogP contribution is 2.29. The van der Waals surface area contributed by atoms with Gasteiger partial charge in [0.2, 0.25) is 5.91 Å². The fourth-order valence-electron chi connectivity index (χ4n) is 5.02. The summed E-state index contributed by atoms with van der Waals surface area (Å²) in [4.78, 5) is 51.8. The van der Waals surface area contributed by atoms with Crippen molar-refractivity contribution in [2.45, 2.75) is 64.5 Å². The molecule has 0 radical (unpaired) electrons. The molecule has 2 atom stereocenters. The summed E-state index contributed by atoms with van der Waals surface area (Å²) < 4.78 is 1.43. The van der Waals surface area contributed by atoms with Crippen molar-refractivity contribution in [1.82, 2.24) is 24.6 Å². The van der Waals surface area contributed by atoms with Crippen LogP contribution in [0.25, 0.3) is 11.7 Å². The Hall–Kier alpha value is -3.57. The van der Waals surface area contributed by atoms with Crippen LogP contribution in [0.3, 0.4) is 0 Å². The van der Waals surface area contributed by atoms with E-state index in [4.69, 9.17) is 9.97 Å². The van der Waals surface area contributed by atoms with E-state index in [1.54, 1.807) is 17.5 Å². The number of carbonyl (C=O) groups is 2. The fraction of sp³-hybridized carbons (Fsp3) is 0.483. The Morgan fingerprint density at radius 1 is 1.27 bits per heavy atom. The third-order valence-corrected chi connectivity index (χ3v) is 8.25. The summed E-state index contributed by atoms with van der Waals surface area (Å²) in [5, 5.41) is 15.4. The third-order valence-electron chi connectivity index (χ3n) is 7.32. The van der Waals surface area contributed by atoms with E-state index in [2.05, 4.69) is 29.4 Å². The first-order chi connectivity index (χ1) is 19.1. The summed E-state index contributed by atoms with van der Waals surface area (Å²) in [6.07, 6.45) is 6.77. The number of anilines is 1. The van der Waals surface area contributed by atoms with Crippen molar-refractivity contribution in [1.29, 1.82) is 0 Å². The van der Waals surface area contributed by atoms with E-state index in [1.807, 2.05) is 38.1 Å². The van der Waals surface area contributed by atoms with Crippen molar-refractivity contribution >= 4 is 40.8 Å². The number of rotatable bonds is 10. The summed E-state index contributed by atoms with van der Waals surface area (Å²) in [6, 6.07) is 3.42. The Morgan fingerprint density at radius 3 is 2.70 bits per heavy atom. The highest BCUT2D eigenvalue weighted by molar-refractivity contribution is 7.09. The normalized spacial score (nSPS) is 17.8.